The number of hydrogen-bond acceptors (Lipinski definition) is 3. The molecule has 0 unspecified atom stereocenters. The Hall–Kier alpha value is -2.93. The Bertz CT molecular complexity index is 1140. The van der Waals surface area contributed by atoms with Crippen molar-refractivity contribution in [3.05, 3.63) is 81.6 Å². The third kappa shape index (κ3) is 2.72. The Kier molecular flexibility index (Phi) is 3.65. The minimum atomic E-state index is -0.422. The molecule has 0 bridgehead atoms. The van der Waals surface area contributed by atoms with E-state index in [2.05, 4.69) is 9.97 Å². The van der Waals surface area contributed by atoms with Crippen LogP contribution in [0, 0.1) is 12.7 Å². The second kappa shape index (κ2) is 5.86. The van der Waals surface area contributed by atoms with Gasteiger partial charge in [-0.15, -0.1) is 0 Å². The van der Waals surface area contributed by atoms with Crippen molar-refractivity contribution in [2.75, 3.05) is 0 Å². The summed E-state index contributed by atoms with van der Waals surface area (Å²) in [6, 6.07) is 8.42. The molecule has 0 fully saturated rings. The average molecular weight is 358 g/mol. The molecule has 0 atom stereocenters. The van der Waals surface area contributed by atoms with E-state index >= 15 is 0 Å². The summed E-state index contributed by atoms with van der Waals surface area (Å²) in [5.74, 6) is -0.417. The molecule has 1 aromatic carbocycles. The Morgan fingerprint density at radius 1 is 1.28 bits per heavy atom. The topological polar surface area (TPSA) is 57.1 Å². The summed E-state index contributed by atoms with van der Waals surface area (Å²) in [6.07, 6.45) is 4.82. The van der Waals surface area contributed by atoms with Crippen molar-refractivity contribution in [2.45, 2.75) is 13.5 Å². The largest absolute Gasteiger partial charge is 0.364 e. The van der Waals surface area contributed by atoms with Gasteiger partial charge in [-0.05, 0) is 36.8 Å². The fourth-order valence-corrected chi connectivity index (χ4v) is 2.83. The first-order valence-electron chi connectivity index (χ1n) is 7.56. The molecule has 0 aliphatic heterocycles. The fourth-order valence-electron chi connectivity index (χ4n) is 2.66. The summed E-state index contributed by atoms with van der Waals surface area (Å²) in [7, 11) is 0. The third-order valence-corrected chi connectivity index (χ3v) is 4.38. The summed E-state index contributed by atoms with van der Waals surface area (Å²) in [5.41, 5.74) is 1.99. The number of nitrogens with zero attached hydrogens (tertiary/aromatic N) is 5. The highest BCUT2D eigenvalue weighted by Crippen LogP contribution is 2.19. The number of imidazole rings is 1. The van der Waals surface area contributed by atoms with Gasteiger partial charge in [-0.3, -0.25) is 0 Å². The zero-order chi connectivity index (χ0) is 17.6. The maximum atomic E-state index is 13.8. The smallest absolute Gasteiger partial charge is 0.304 e. The molecule has 25 heavy (non-hydrogen) atoms. The first kappa shape index (κ1) is 15.6. The van der Waals surface area contributed by atoms with Gasteiger partial charge in [0.1, 0.15) is 6.33 Å². The number of aryl methyl sites for hydroxylation is 1. The lowest BCUT2D eigenvalue weighted by Crippen LogP contribution is -2.23. The van der Waals surface area contributed by atoms with E-state index in [0.29, 0.717) is 16.4 Å². The number of benzene rings is 1. The van der Waals surface area contributed by atoms with Gasteiger partial charge in [0.25, 0.3) is 0 Å². The van der Waals surface area contributed by atoms with Crippen molar-refractivity contribution in [1.82, 2.24) is 23.7 Å². The number of pyridine rings is 1. The predicted octanol–water partition coefficient (Wildman–Crippen LogP) is 2.83. The first-order chi connectivity index (χ1) is 12.0. The lowest BCUT2D eigenvalue weighted by Gasteiger charge is -2.10. The van der Waals surface area contributed by atoms with E-state index in [1.807, 2.05) is 19.1 Å². The number of rotatable bonds is 3. The molecule has 4 rings (SSSR count). The minimum Gasteiger partial charge on any atom is -0.304 e. The Morgan fingerprint density at radius 2 is 2.12 bits per heavy atom. The second-order valence-corrected chi connectivity index (χ2v) is 6.09. The summed E-state index contributed by atoms with van der Waals surface area (Å²) in [4.78, 5) is 20.2. The maximum absolute atomic E-state index is 13.8. The van der Waals surface area contributed by atoms with E-state index in [9.17, 15) is 9.18 Å². The number of fused-ring (bicyclic) bond motifs is 1. The van der Waals surface area contributed by atoms with Gasteiger partial charge in [-0.2, -0.15) is 4.98 Å². The van der Waals surface area contributed by atoms with Gasteiger partial charge in [0.05, 0.1) is 17.9 Å². The highest BCUT2D eigenvalue weighted by atomic mass is 35.5. The summed E-state index contributed by atoms with van der Waals surface area (Å²) >= 11 is 6.18. The monoisotopic (exact) mass is 357 g/mol. The van der Waals surface area contributed by atoms with Crippen molar-refractivity contribution in [3.63, 3.8) is 0 Å². The summed E-state index contributed by atoms with van der Waals surface area (Å²) in [5, 5.41) is 0.597. The molecule has 0 spiro atoms. The van der Waals surface area contributed by atoms with Gasteiger partial charge in [-0.25, -0.2) is 23.5 Å². The lowest BCUT2D eigenvalue weighted by molar-refractivity contribution is 0.577. The number of halogens is 2. The van der Waals surface area contributed by atoms with Crippen LogP contribution in [0.25, 0.3) is 11.3 Å². The molecule has 6 nitrogen and oxygen atoms in total. The van der Waals surface area contributed by atoms with Crippen molar-refractivity contribution < 1.29 is 4.39 Å². The molecule has 0 amide bonds. The van der Waals surface area contributed by atoms with Gasteiger partial charge in [0, 0.05) is 17.4 Å². The molecule has 3 heterocycles. The first-order valence-corrected chi connectivity index (χ1v) is 7.94. The molecule has 0 aliphatic carbocycles. The van der Waals surface area contributed by atoms with Crippen molar-refractivity contribution in [3.8, 4) is 5.69 Å². The summed E-state index contributed by atoms with van der Waals surface area (Å²) in [6.45, 7) is 2.06. The number of hydrogen-bond donors (Lipinski definition) is 0. The van der Waals surface area contributed by atoms with E-state index < -0.39 is 11.5 Å². The van der Waals surface area contributed by atoms with Crippen LogP contribution in [-0.4, -0.2) is 23.7 Å². The highest BCUT2D eigenvalue weighted by Gasteiger charge is 2.12. The van der Waals surface area contributed by atoms with Crippen molar-refractivity contribution >= 4 is 17.2 Å². The molecule has 126 valence electrons. The van der Waals surface area contributed by atoms with Crippen LogP contribution in [-0.2, 0) is 6.54 Å². The third-order valence-electron chi connectivity index (χ3n) is 3.98. The van der Waals surface area contributed by atoms with Crippen molar-refractivity contribution in [2.24, 2.45) is 0 Å². The van der Waals surface area contributed by atoms with E-state index in [0.717, 1.165) is 5.56 Å². The molecule has 0 N–H and O–H groups in total. The minimum absolute atomic E-state index is 0.158. The van der Waals surface area contributed by atoms with Crippen LogP contribution in [0.3, 0.4) is 0 Å². The van der Waals surface area contributed by atoms with E-state index in [4.69, 9.17) is 11.6 Å². The SMILES string of the molecule is Cc1ccc(-n2cnc(=O)n2Cc2cn3cccc(F)c3n2)cc1Cl. The zero-order valence-electron chi connectivity index (χ0n) is 13.2. The van der Waals surface area contributed by atoms with Crippen LogP contribution in [0.15, 0.2) is 53.8 Å². The molecule has 0 radical (unpaired) electrons. The standard InChI is InChI=1S/C17H13ClFN5O/c1-11-4-5-13(7-14(11)18)24-10-20-17(25)23(24)9-12-8-22-6-2-3-15(19)16(22)21-12/h2-8,10H,9H2,1H3. The predicted molar refractivity (Wildman–Crippen MR) is 91.8 cm³/mol. The van der Waals surface area contributed by atoms with Crippen molar-refractivity contribution in [1.29, 1.82) is 0 Å². The van der Waals surface area contributed by atoms with Crippen LogP contribution < -0.4 is 5.69 Å². The van der Waals surface area contributed by atoms with Crippen LogP contribution in [0.2, 0.25) is 5.02 Å². The van der Waals surface area contributed by atoms with Crippen LogP contribution in [0.1, 0.15) is 11.3 Å². The van der Waals surface area contributed by atoms with E-state index in [1.54, 1.807) is 33.6 Å². The van der Waals surface area contributed by atoms with Gasteiger partial charge < -0.3 is 4.40 Å². The Morgan fingerprint density at radius 3 is 2.88 bits per heavy atom. The zero-order valence-corrected chi connectivity index (χ0v) is 14.0. The molecule has 0 aliphatic rings. The summed E-state index contributed by atoms with van der Waals surface area (Å²) < 4.78 is 18.4. The van der Waals surface area contributed by atoms with Crippen LogP contribution >= 0.6 is 11.6 Å². The number of aromatic nitrogens is 5. The average Bonchev–Trinajstić information content (AvgIpc) is 3.16. The Balaban J connectivity index is 1.77. The quantitative estimate of drug-likeness (QED) is 0.566. The van der Waals surface area contributed by atoms with Gasteiger partial charge in [0.2, 0.25) is 0 Å². The van der Waals surface area contributed by atoms with E-state index in [1.165, 1.54) is 17.1 Å². The second-order valence-electron chi connectivity index (χ2n) is 5.68. The molecular weight excluding hydrogens is 345 g/mol. The van der Waals surface area contributed by atoms with Gasteiger partial charge >= 0.3 is 5.69 Å². The van der Waals surface area contributed by atoms with E-state index in [-0.39, 0.29) is 12.2 Å². The normalized spacial score (nSPS) is 11.3. The molecule has 0 saturated heterocycles. The fraction of sp³-hybridized carbons (Fsp3) is 0.118. The maximum Gasteiger partial charge on any atom is 0.364 e. The molecule has 8 heteroatoms. The molecular formula is C17H13ClFN5O. The van der Waals surface area contributed by atoms with Crippen LogP contribution in [0.5, 0.6) is 0 Å². The van der Waals surface area contributed by atoms with Gasteiger partial charge in [0.15, 0.2) is 11.5 Å². The molecule has 4 aromatic rings. The van der Waals surface area contributed by atoms with Gasteiger partial charge in [-0.1, -0.05) is 17.7 Å². The highest BCUT2D eigenvalue weighted by molar-refractivity contribution is 6.31. The van der Waals surface area contributed by atoms with Crippen LogP contribution in [0.4, 0.5) is 4.39 Å². The molecule has 3 aromatic heterocycles. The molecule has 0 saturated carbocycles. The lowest BCUT2D eigenvalue weighted by atomic mass is 10.2. The Labute approximate surface area is 146 Å².